The number of rotatable bonds is 1. The van der Waals surface area contributed by atoms with Gasteiger partial charge < -0.3 is 4.74 Å². The van der Waals surface area contributed by atoms with E-state index >= 15 is 0 Å². The Labute approximate surface area is 66.9 Å². The van der Waals surface area contributed by atoms with Gasteiger partial charge in [-0.15, -0.1) is 5.92 Å². The lowest BCUT2D eigenvalue weighted by Crippen LogP contribution is -2.11. The highest BCUT2D eigenvalue weighted by Crippen LogP contribution is 2.23. The number of hydrogen-bond donors (Lipinski definition) is 0. The Morgan fingerprint density at radius 1 is 1.73 bits per heavy atom. The van der Waals surface area contributed by atoms with Crippen molar-refractivity contribution >= 4 is 5.97 Å². The highest BCUT2D eigenvalue weighted by atomic mass is 16.5. The van der Waals surface area contributed by atoms with Crippen LogP contribution >= 0.6 is 0 Å². The van der Waals surface area contributed by atoms with Crippen molar-refractivity contribution in [1.29, 1.82) is 0 Å². The quantitative estimate of drug-likeness (QED) is 0.419. The van der Waals surface area contributed by atoms with Crippen LogP contribution in [-0.2, 0) is 9.53 Å². The highest BCUT2D eigenvalue weighted by Gasteiger charge is 2.30. The first-order valence-electron chi connectivity index (χ1n) is 3.83. The molecule has 0 aliphatic carbocycles. The smallest absolute Gasteiger partial charge is 0.306 e. The number of ether oxygens (including phenoxy) is 1. The summed E-state index contributed by atoms with van der Waals surface area (Å²) in [5, 5.41) is 0. The maximum Gasteiger partial charge on any atom is 0.306 e. The summed E-state index contributed by atoms with van der Waals surface area (Å²) in [6.07, 6.45) is 1.27. The van der Waals surface area contributed by atoms with E-state index in [2.05, 4.69) is 11.8 Å². The molecule has 1 fully saturated rings. The largest absolute Gasteiger partial charge is 0.461 e. The van der Waals surface area contributed by atoms with E-state index in [1.54, 1.807) is 6.92 Å². The molecule has 0 aromatic carbocycles. The maximum absolute atomic E-state index is 10.8. The number of carbonyl (C=O) groups excluding carboxylic acids is 1. The fraction of sp³-hybridized carbons (Fsp3) is 0.667. The van der Waals surface area contributed by atoms with Gasteiger partial charge in [-0.1, -0.05) is 12.8 Å². The Kier molecular flexibility index (Phi) is 2.53. The topological polar surface area (TPSA) is 26.3 Å². The van der Waals surface area contributed by atoms with Crippen molar-refractivity contribution in [2.45, 2.75) is 32.8 Å². The SMILES string of the molecule is CC#CC[C@@H]1OC(=O)C[C@@H]1C. The van der Waals surface area contributed by atoms with Crippen molar-refractivity contribution in [3.8, 4) is 11.8 Å². The van der Waals surface area contributed by atoms with E-state index in [4.69, 9.17) is 4.74 Å². The number of hydrogen-bond acceptors (Lipinski definition) is 2. The van der Waals surface area contributed by atoms with E-state index in [1.165, 1.54) is 0 Å². The second kappa shape index (κ2) is 3.43. The molecule has 0 unspecified atom stereocenters. The molecule has 2 heteroatoms. The van der Waals surface area contributed by atoms with Crippen LogP contribution in [0.15, 0.2) is 0 Å². The van der Waals surface area contributed by atoms with Crippen LogP contribution in [0.4, 0.5) is 0 Å². The van der Waals surface area contributed by atoms with Crippen molar-refractivity contribution < 1.29 is 9.53 Å². The maximum atomic E-state index is 10.8. The van der Waals surface area contributed by atoms with Gasteiger partial charge in [-0.3, -0.25) is 4.79 Å². The number of cyclic esters (lactones) is 1. The van der Waals surface area contributed by atoms with Gasteiger partial charge in [-0.25, -0.2) is 0 Å². The Morgan fingerprint density at radius 2 is 2.45 bits per heavy atom. The molecule has 0 saturated carbocycles. The first kappa shape index (κ1) is 8.13. The first-order valence-corrected chi connectivity index (χ1v) is 3.83. The van der Waals surface area contributed by atoms with Crippen LogP contribution in [0.5, 0.6) is 0 Å². The summed E-state index contributed by atoms with van der Waals surface area (Å²) in [5.41, 5.74) is 0. The third-order valence-electron chi connectivity index (χ3n) is 1.89. The van der Waals surface area contributed by atoms with Crippen molar-refractivity contribution in [2.75, 3.05) is 0 Å². The average Bonchev–Trinajstić information content (AvgIpc) is 2.26. The molecule has 0 aromatic rings. The van der Waals surface area contributed by atoms with Crippen LogP contribution in [-0.4, -0.2) is 12.1 Å². The molecule has 60 valence electrons. The molecule has 0 N–H and O–H groups in total. The molecular formula is C9H12O2. The Hall–Kier alpha value is -0.970. The average molecular weight is 152 g/mol. The standard InChI is InChI=1S/C9H12O2/c1-3-4-5-8-7(2)6-9(10)11-8/h7-8H,5-6H2,1-2H3/t7-,8-/m0/s1. The lowest BCUT2D eigenvalue weighted by atomic mass is 10.0. The number of esters is 1. The zero-order valence-electron chi connectivity index (χ0n) is 6.89. The molecule has 1 heterocycles. The minimum absolute atomic E-state index is 0.0370. The molecule has 2 atom stereocenters. The van der Waals surface area contributed by atoms with Gasteiger partial charge in [0.25, 0.3) is 0 Å². The summed E-state index contributed by atoms with van der Waals surface area (Å²) in [5.74, 6) is 5.96. The summed E-state index contributed by atoms with van der Waals surface area (Å²) in [6, 6.07) is 0. The monoisotopic (exact) mass is 152 g/mol. The second-order valence-corrected chi connectivity index (χ2v) is 2.84. The third kappa shape index (κ3) is 1.98. The molecular weight excluding hydrogens is 140 g/mol. The molecule has 0 radical (unpaired) electrons. The molecule has 0 bridgehead atoms. The van der Waals surface area contributed by atoms with Gasteiger partial charge in [-0.2, -0.15) is 0 Å². The highest BCUT2D eigenvalue weighted by molar-refractivity contribution is 5.72. The predicted molar refractivity (Wildman–Crippen MR) is 41.7 cm³/mol. The van der Waals surface area contributed by atoms with Crippen molar-refractivity contribution in [2.24, 2.45) is 5.92 Å². The fourth-order valence-electron chi connectivity index (χ4n) is 1.17. The minimum Gasteiger partial charge on any atom is -0.461 e. The van der Waals surface area contributed by atoms with Crippen LogP contribution in [0.1, 0.15) is 26.7 Å². The summed E-state index contributed by atoms with van der Waals surface area (Å²) in [6.45, 7) is 3.81. The van der Waals surface area contributed by atoms with E-state index in [9.17, 15) is 4.79 Å². The summed E-state index contributed by atoms with van der Waals surface area (Å²) < 4.78 is 5.03. The second-order valence-electron chi connectivity index (χ2n) is 2.84. The van der Waals surface area contributed by atoms with Gasteiger partial charge >= 0.3 is 5.97 Å². The third-order valence-corrected chi connectivity index (χ3v) is 1.89. The van der Waals surface area contributed by atoms with Gasteiger partial charge in [0.1, 0.15) is 6.10 Å². The van der Waals surface area contributed by atoms with E-state index in [0.29, 0.717) is 18.8 Å². The molecule has 1 saturated heterocycles. The summed E-state index contributed by atoms with van der Waals surface area (Å²) in [4.78, 5) is 10.8. The Morgan fingerprint density at radius 3 is 2.91 bits per heavy atom. The molecule has 2 nitrogen and oxygen atoms in total. The van der Waals surface area contributed by atoms with Gasteiger partial charge in [0.15, 0.2) is 0 Å². The van der Waals surface area contributed by atoms with Gasteiger partial charge in [-0.05, 0) is 6.92 Å². The van der Waals surface area contributed by atoms with Crippen molar-refractivity contribution in [3.05, 3.63) is 0 Å². The molecule has 0 amide bonds. The minimum atomic E-state index is -0.0830. The fourth-order valence-corrected chi connectivity index (χ4v) is 1.17. The molecule has 11 heavy (non-hydrogen) atoms. The van der Waals surface area contributed by atoms with Crippen LogP contribution in [0.25, 0.3) is 0 Å². The van der Waals surface area contributed by atoms with Crippen LogP contribution in [0.2, 0.25) is 0 Å². The molecule has 1 aliphatic rings. The lowest BCUT2D eigenvalue weighted by Gasteiger charge is -2.08. The first-order chi connectivity index (χ1) is 5.24. The van der Waals surface area contributed by atoms with Crippen molar-refractivity contribution in [1.82, 2.24) is 0 Å². The van der Waals surface area contributed by atoms with Gasteiger partial charge in [0, 0.05) is 12.3 Å². The molecule has 0 spiro atoms. The number of carbonyl (C=O) groups is 1. The van der Waals surface area contributed by atoms with E-state index in [1.807, 2.05) is 6.92 Å². The van der Waals surface area contributed by atoms with Crippen LogP contribution in [0.3, 0.4) is 0 Å². The lowest BCUT2D eigenvalue weighted by molar-refractivity contribution is -0.141. The molecule has 1 rings (SSSR count). The van der Waals surface area contributed by atoms with Crippen LogP contribution in [0, 0.1) is 17.8 Å². The normalized spacial score (nSPS) is 29.1. The zero-order chi connectivity index (χ0) is 8.27. The van der Waals surface area contributed by atoms with Crippen LogP contribution < -0.4 is 0 Å². The van der Waals surface area contributed by atoms with Gasteiger partial charge in [0.2, 0.25) is 0 Å². The van der Waals surface area contributed by atoms with Gasteiger partial charge in [0.05, 0.1) is 6.42 Å². The summed E-state index contributed by atoms with van der Waals surface area (Å²) >= 11 is 0. The Balaban J connectivity index is 2.44. The zero-order valence-corrected chi connectivity index (χ0v) is 6.89. The van der Waals surface area contributed by atoms with E-state index in [0.717, 1.165) is 0 Å². The van der Waals surface area contributed by atoms with Crippen molar-refractivity contribution in [3.63, 3.8) is 0 Å². The Bertz CT molecular complexity index is 209. The molecule has 0 aromatic heterocycles. The van der Waals surface area contributed by atoms with E-state index in [-0.39, 0.29) is 12.1 Å². The molecule has 1 aliphatic heterocycles. The van der Waals surface area contributed by atoms with E-state index < -0.39 is 0 Å². The summed E-state index contributed by atoms with van der Waals surface area (Å²) in [7, 11) is 0. The predicted octanol–water partition coefficient (Wildman–Crippen LogP) is 1.35.